The fourth-order valence-corrected chi connectivity index (χ4v) is 7.41. The van der Waals surface area contributed by atoms with E-state index in [-0.39, 0.29) is 5.25 Å². The maximum absolute atomic E-state index is 10.2. The van der Waals surface area contributed by atoms with Gasteiger partial charge in [-0.2, -0.15) is 40.3 Å². The number of aliphatic imine (C=N–C) groups is 3. The van der Waals surface area contributed by atoms with Gasteiger partial charge in [0.05, 0.1) is 19.0 Å². The van der Waals surface area contributed by atoms with Crippen molar-refractivity contribution in [2.24, 2.45) is 15.0 Å². The van der Waals surface area contributed by atoms with E-state index in [2.05, 4.69) is 15.0 Å². The van der Waals surface area contributed by atoms with Gasteiger partial charge in [0.1, 0.15) is 0 Å². The van der Waals surface area contributed by atoms with Gasteiger partial charge in [0.25, 0.3) is 0 Å². The third-order valence-corrected chi connectivity index (χ3v) is 8.76. The van der Waals surface area contributed by atoms with E-state index in [1.807, 2.05) is 23.5 Å². The van der Waals surface area contributed by atoms with E-state index >= 15 is 0 Å². The summed E-state index contributed by atoms with van der Waals surface area (Å²) >= 11 is 7.35. The molecule has 0 aromatic rings. The lowest BCUT2D eigenvalue weighted by Crippen LogP contribution is -2.24. The Balaban J connectivity index is 2.17. The number of hydrogen-bond donors (Lipinski definition) is 0. The third-order valence-electron chi connectivity index (χ3n) is 3.07. The van der Waals surface area contributed by atoms with E-state index in [4.69, 9.17) is 0 Å². The normalized spacial score (nSPS) is 21.0. The summed E-state index contributed by atoms with van der Waals surface area (Å²) in [4.78, 5) is 41.1. The number of carbonyl (C=O) groups excluding carboxylic acids is 3. The first-order valence-corrected chi connectivity index (χ1v) is 11.6. The zero-order valence-corrected chi connectivity index (χ0v) is 16.4. The minimum atomic E-state index is 0.0386. The van der Waals surface area contributed by atoms with E-state index < -0.39 is 0 Å². The highest BCUT2D eigenvalue weighted by Crippen LogP contribution is 2.34. The highest BCUT2D eigenvalue weighted by atomic mass is 32.2. The molecule has 132 valence electrons. The summed E-state index contributed by atoms with van der Waals surface area (Å²) in [6, 6.07) is 0. The van der Waals surface area contributed by atoms with Crippen LogP contribution in [0.25, 0.3) is 0 Å². The lowest BCUT2D eigenvalue weighted by Gasteiger charge is -2.27. The molecule has 0 spiro atoms. The Morgan fingerprint density at radius 3 is 2.17 bits per heavy atom. The van der Waals surface area contributed by atoms with Crippen LogP contribution in [0.4, 0.5) is 0 Å². The quantitative estimate of drug-likeness (QED) is 0.280. The van der Waals surface area contributed by atoms with E-state index in [1.165, 1.54) is 12.2 Å². The molecule has 1 rings (SSSR count). The monoisotopic (exact) mass is 405 g/mol. The molecular weight excluding hydrogens is 386 g/mol. The maximum Gasteiger partial charge on any atom is 0.235 e. The van der Waals surface area contributed by atoms with Gasteiger partial charge in [0.2, 0.25) is 18.2 Å². The molecule has 2 atom stereocenters. The van der Waals surface area contributed by atoms with Gasteiger partial charge in [-0.25, -0.2) is 24.4 Å². The minimum Gasteiger partial charge on any atom is -0.211 e. The van der Waals surface area contributed by atoms with Crippen LogP contribution in [-0.4, -0.2) is 76.0 Å². The molecule has 6 nitrogen and oxygen atoms in total. The highest BCUT2D eigenvalue weighted by Gasteiger charge is 2.22. The van der Waals surface area contributed by atoms with Crippen molar-refractivity contribution in [1.29, 1.82) is 0 Å². The van der Waals surface area contributed by atoms with E-state index in [0.717, 1.165) is 29.4 Å². The summed E-state index contributed by atoms with van der Waals surface area (Å²) in [5.41, 5.74) is 0. The molecule has 0 N–H and O–H groups in total. The summed E-state index contributed by atoms with van der Waals surface area (Å²) in [5, 5.41) is 1.28. The van der Waals surface area contributed by atoms with Gasteiger partial charge in [-0.1, -0.05) is 0 Å². The molecule has 10 heteroatoms. The van der Waals surface area contributed by atoms with Crippen LogP contribution in [0.3, 0.4) is 0 Å². The van der Waals surface area contributed by atoms with Crippen LogP contribution in [0.5, 0.6) is 0 Å². The van der Waals surface area contributed by atoms with Crippen LogP contribution in [0, 0.1) is 0 Å². The standard InChI is InChI=1S/C14H19N3O3S4/c18-8-15-3-13(4-16-9-19)22-2-1-12-6-24-14(7-23-12)5-21-11-17-10-20/h12-14H,1-7,11H2. The molecule has 2 unspecified atom stereocenters. The first-order valence-electron chi connectivity index (χ1n) is 7.33. The van der Waals surface area contributed by atoms with Crippen molar-refractivity contribution in [2.45, 2.75) is 22.2 Å². The first kappa shape index (κ1) is 21.6. The van der Waals surface area contributed by atoms with E-state index in [9.17, 15) is 14.4 Å². The molecule has 0 aromatic carbocycles. The zero-order valence-electron chi connectivity index (χ0n) is 13.1. The van der Waals surface area contributed by atoms with Crippen molar-refractivity contribution >= 4 is 65.3 Å². The predicted molar refractivity (Wildman–Crippen MR) is 105 cm³/mol. The third kappa shape index (κ3) is 10.4. The summed E-state index contributed by atoms with van der Waals surface area (Å²) < 4.78 is 0. The van der Waals surface area contributed by atoms with Gasteiger partial charge in [-0.15, -0.1) is 11.8 Å². The molecular formula is C14H19N3O3S4. The van der Waals surface area contributed by atoms with Gasteiger partial charge in [0.15, 0.2) is 0 Å². The van der Waals surface area contributed by atoms with Crippen LogP contribution in [0.15, 0.2) is 15.0 Å². The fraction of sp³-hybridized carbons (Fsp3) is 0.786. The van der Waals surface area contributed by atoms with Gasteiger partial charge in [0, 0.05) is 33.0 Å². The Morgan fingerprint density at radius 1 is 0.958 bits per heavy atom. The smallest absolute Gasteiger partial charge is 0.211 e. The summed E-state index contributed by atoms with van der Waals surface area (Å²) in [6.07, 6.45) is 5.70. The lowest BCUT2D eigenvalue weighted by molar-refractivity contribution is 0.561. The average molecular weight is 406 g/mol. The highest BCUT2D eigenvalue weighted by molar-refractivity contribution is 8.08. The van der Waals surface area contributed by atoms with Crippen LogP contribution in [-0.2, 0) is 14.4 Å². The molecule has 24 heavy (non-hydrogen) atoms. The van der Waals surface area contributed by atoms with Crippen molar-refractivity contribution < 1.29 is 14.4 Å². The molecule has 0 amide bonds. The van der Waals surface area contributed by atoms with E-state index in [0.29, 0.717) is 29.5 Å². The molecule has 1 aliphatic heterocycles. The fourth-order valence-electron chi connectivity index (χ4n) is 1.91. The largest absolute Gasteiger partial charge is 0.235 e. The van der Waals surface area contributed by atoms with Crippen LogP contribution < -0.4 is 0 Å². The van der Waals surface area contributed by atoms with Gasteiger partial charge < -0.3 is 0 Å². The van der Waals surface area contributed by atoms with Crippen molar-refractivity contribution in [1.82, 2.24) is 0 Å². The predicted octanol–water partition coefficient (Wildman–Crippen LogP) is 2.39. The Hall–Kier alpha value is -0.460. The van der Waals surface area contributed by atoms with Crippen LogP contribution >= 0.6 is 47.0 Å². The molecule has 1 saturated heterocycles. The Labute approximate surface area is 158 Å². The molecule has 1 fully saturated rings. The Morgan fingerprint density at radius 2 is 1.58 bits per heavy atom. The van der Waals surface area contributed by atoms with Crippen molar-refractivity contribution in [3.8, 4) is 0 Å². The summed E-state index contributed by atoms with van der Waals surface area (Å²) in [5.74, 6) is 4.71. The van der Waals surface area contributed by atoms with Crippen molar-refractivity contribution in [3.05, 3.63) is 0 Å². The molecule has 0 saturated carbocycles. The van der Waals surface area contributed by atoms with Crippen LogP contribution in [0.1, 0.15) is 6.42 Å². The Bertz CT molecular complexity index is 475. The molecule has 0 radical (unpaired) electrons. The SMILES string of the molecule is O=C=NCSCC1CSC(CCSC(CN=C=O)CN=C=O)CS1. The van der Waals surface area contributed by atoms with Gasteiger partial charge in [-0.05, 0) is 12.2 Å². The number of hydrogen-bond acceptors (Lipinski definition) is 10. The second-order valence-corrected chi connectivity index (χ2v) is 9.88. The van der Waals surface area contributed by atoms with E-state index in [1.54, 1.807) is 29.6 Å². The second kappa shape index (κ2) is 14.8. The van der Waals surface area contributed by atoms with Crippen molar-refractivity contribution in [3.63, 3.8) is 0 Å². The summed E-state index contributed by atoms with van der Waals surface area (Å²) in [7, 11) is 0. The summed E-state index contributed by atoms with van der Waals surface area (Å²) in [6.45, 7) is 0.683. The lowest BCUT2D eigenvalue weighted by atomic mass is 10.4. The molecule has 1 heterocycles. The van der Waals surface area contributed by atoms with Crippen LogP contribution in [0.2, 0.25) is 0 Å². The van der Waals surface area contributed by atoms with Crippen molar-refractivity contribution in [2.75, 3.05) is 42.0 Å². The number of rotatable bonds is 12. The minimum absolute atomic E-state index is 0.0386. The average Bonchev–Trinajstić information content (AvgIpc) is 2.61. The number of thioether (sulfide) groups is 4. The van der Waals surface area contributed by atoms with Gasteiger partial charge in [-0.3, -0.25) is 0 Å². The molecule has 0 aliphatic carbocycles. The molecule has 1 aliphatic rings. The topological polar surface area (TPSA) is 88.3 Å². The number of nitrogens with zero attached hydrogens (tertiary/aromatic N) is 3. The molecule has 0 aromatic heterocycles. The molecule has 0 bridgehead atoms. The maximum atomic E-state index is 10.2. The first-order chi connectivity index (χ1) is 11.8. The second-order valence-electron chi connectivity index (χ2n) is 4.81. The zero-order chi connectivity index (χ0) is 17.5. The number of isocyanates is 3. The van der Waals surface area contributed by atoms with Gasteiger partial charge >= 0.3 is 0 Å². The Kier molecular flexibility index (Phi) is 13.4.